The SMILES string of the molecule is COc1ccc([C@@H](NC(=O)c2cc(OC)cc(OC)c2)C(C)C)cc1. The van der Waals surface area contributed by atoms with Gasteiger partial charge in [-0.15, -0.1) is 0 Å². The fourth-order valence-electron chi connectivity index (χ4n) is 2.61. The van der Waals surface area contributed by atoms with Gasteiger partial charge in [0.1, 0.15) is 17.2 Å². The van der Waals surface area contributed by atoms with E-state index in [0.29, 0.717) is 17.1 Å². The van der Waals surface area contributed by atoms with Crippen LogP contribution >= 0.6 is 0 Å². The third-order valence-electron chi connectivity index (χ3n) is 4.04. The van der Waals surface area contributed by atoms with Crippen LogP contribution in [0.1, 0.15) is 35.8 Å². The Hall–Kier alpha value is -2.69. The van der Waals surface area contributed by atoms with E-state index in [-0.39, 0.29) is 17.9 Å². The molecule has 25 heavy (non-hydrogen) atoms. The molecule has 2 aromatic carbocycles. The number of amides is 1. The Labute approximate surface area is 148 Å². The van der Waals surface area contributed by atoms with E-state index in [4.69, 9.17) is 14.2 Å². The molecule has 5 heteroatoms. The summed E-state index contributed by atoms with van der Waals surface area (Å²) < 4.78 is 15.7. The lowest BCUT2D eigenvalue weighted by Gasteiger charge is -2.23. The molecule has 0 aromatic heterocycles. The van der Waals surface area contributed by atoms with Gasteiger partial charge in [0.05, 0.1) is 27.4 Å². The molecular weight excluding hydrogens is 318 g/mol. The van der Waals surface area contributed by atoms with Crippen molar-refractivity contribution < 1.29 is 19.0 Å². The standard InChI is InChI=1S/C20H25NO4/c1-13(2)19(14-6-8-16(23-3)9-7-14)21-20(22)15-10-17(24-4)12-18(11-15)25-5/h6-13,19H,1-5H3,(H,21,22)/t19-/m0/s1. The van der Waals surface area contributed by atoms with Gasteiger partial charge < -0.3 is 19.5 Å². The minimum Gasteiger partial charge on any atom is -0.497 e. The van der Waals surface area contributed by atoms with Crippen LogP contribution in [0.15, 0.2) is 42.5 Å². The second kappa shape index (κ2) is 8.42. The highest BCUT2D eigenvalue weighted by atomic mass is 16.5. The fraction of sp³-hybridized carbons (Fsp3) is 0.350. The maximum absolute atomic E-state index is 12.7. The summed E-state index contributed by atoms with van der Waals surface area (Å²) in [6, 6.07) is 12.7. The van der Waals surface area contributed by atoms with Crippen LogP contribution in [0.4, 0.5) is 0 Å². The van der Waals surface area contributed by atoms with Crippen LogP contribution in [0.3, 0.4) is 0 Å². The molecule has 2 aromatic rings. The summed E-state index contributed by atoms with van der Waals surface area (Å²) in [5.41, 5.74) is 1.52. The normalized spacial score (nSPS) is 11.8. The van der Waals surface area contributed by atoms with E-state index < -0.39 is 0 Å². The van der Waals surface area contributed by atoms with Gasteiger partial charge in [-0.25, -0.2) is 0 Å². The summed E-state index contributed by atoms with van der Waals surface area (Å²) in [6.45, 7) is 4.14. The first-order valence-electron chi connectivity index (χ1n) is 8.16. The van der Waals surface area contributed by atoms with Gasteiger partial charge in [-0.3, -0.25) is 4.79 Å². The molecule has 0 saturated heterocycles. The van der Waals surface area contributed by atoms with Crippen molar-refractivity contribution in [2.75, 3.05) is 21.3 Å². The average molecular weight is 343 g/mol. The number of carbonyl (C=O) groups excluding carboxylic acids is 1. The largest absolute Gasteiger partial charge is 0.497 e. The highest BCUT2D eigenvalue weighted by Crippen LogP contribution is 2.26. The average Bonchev–Trinajstić information content (AvgIpc) is 2.65. The predicted molar refractivity (Wildman–Crippen MR) is 97.6 cm³/mol. The zero-order valence-corrected chi connectivity index (χ0v) is 15.3. The number of benzene rings is 2. The first-order valence-corrected chi connectivity index (χ1v) is 8.16. The summed E-state index contributed by atoms with van der Waals surface area (Å²) in [7, 11) is 4.75. The van der Waals surface area contributed by atoms with Gasteiger partial charge in [0.2, 0.25) is 0 Å². The predicted octanol–water partition coefficient (Wildman–Crippen LogP) is 3.84. The quantitative estimate of drug-likeness (QED) is 0.830. The summed E-state index contributed by atoms with van der Waals surface area (Å²) in [4.78, 5) is 12.7. The zero-order valence-electron chi connectivity index (χ0n) is 15.3. The first-order chi connectivity index (χ1) is 12.0. The molecule has 0 radical (unpaired) electrons. The lowest BCUT2D eigenvalue weighted by molar-refractivity contribution is 0.0925. The molecule has 0 saturated carbocycles. The van der Waals surface area contributed by atoms with E-state index in [0.717, 1.165) is 11.3 Å². The number of ether oxygens (including phenoxy) is 3. The first kappa shape index (κ1) is 18.6. The van der Waals surface area contributed by atoms with Gasteiger partial charge in [-0.05, 0) is 35.7 Å². The summed E-state index contributed by atoms with van der Waals surface area (Å²) in [6.07, 6.45) is 0. The fourth-order valence-corrected chi connectivity index (χ4v) is 2.61. The number of hydrogen-bond donors (Lipinski definition) is 1. The molecule has 5 nitrogen and oxygen atoms in total. The Bertz CT molecular complexity index is 688. The maximum atomic E-state index is 12.7. The zero-order chi connectivity index (χ0) is 18.4. The van der Waals surface area contributed by atoms with E-state index in [1.54, 1.807) is 39.5 Å². The van der Waals surface area contributed by atoms with Crippen molar-refractivity contribution in [3.8, 4) is 17.2 Å². The monoisotopic (exact) mass is 343 g/mol. The number of rotatable bonds is 7. The summed E-state index contributed by atoms with van der Waals surface area (Å²) in [5.74, 6) is 2.00. The second-order valence-corrected chi connectivity index (χ2v) is 6.07. The highest BCUT2D eigenvalue weighted by Gasteiger charge is 2.20. The van der Waals surface area contributed by atoms with Crippen molar-refractivity contribution >= 4 is 5.91 Å². The molecule has 0 unspecified atom stereocenters. The van der Waals surface area contributed by atoms with Gasteiger partial charge in [0.15, 0.2) is 0 Å². The molecule has 0 bridgehead atoms. The second-order valence-electron chi connectivity index (χ2n) is 6.07. The molecule has 0 aliphatic heterocycles. The van der Waals surface area contributed by atoms with E-state index in [2.05, 4.69) is 19.2 Å². The topological polar surface area (TPSA) is 56.8 Å². The summed E-state index contributed by atoms with van der Waals surface area (Å²) >= 11 is 0. The van der Waals surface area contributed by atoms with Crippen LogP contribution in [-0.4, -0.2) is 27.2 Å². The van der Waals surface area contributed by atoms with Crippen molar-refractivity contribution in [1.29, 1.82) is 0 Å². The van der Waals surface area contributed by atoms with Crippen LogP contribution in [0, 0.1) is 5.92 Å². The Balaban J connectivity index is 2.25. The Kier molecular flexibility index (Phi) is 6.28. The number of methoxy groups -OCH3 is 3. The molecule has 134 valence electrons. The number of hydrogen-bond acceptors (Lipinski definition) is 4. The van der Waals surface area contributed by atoms with E-state index in [1.807, 2.05) is 24.3 Å². The Morgan fingerprint density at radius 2 is 1.36 bits per heavy atom. The van der Waals surface area contributed by atoms with Gasteiger partial charge in [0.25, 0.3) is 5.91 Å². The smallest absolute Gasteiger partial charge is 0.252 e. The van der Waals surface area contributed by atoms with E-state index in [1.165, 1.54) is 0 Å². The Morgan fingerprint density at radius 1 is 0.840 bits per heavy atom. The van der Waals surface area contributed by atoms with Crippen molar-refractivity contribution in [1.82, 2.24) is 5.32 Å². The number of carbonyl (C=O) groups is 1. The molecule has 1 amide bonds. The van der Waals surface area contributed by atoms with Crippen molar-refractivity contribution in [3.63, 3.8) is 0 Å². The molecule has 2 rings (SSSR count). The van der Waals surface area contributed by atoms with Crippen molar-refractivity contribution in [2.45, 2.75) is 19.9 Å². The van der Waals surface area contributed by atoms with Gasteiger partial charge in [-0.2, -0.15) is 0 Å². The lowest BCUT2D eigenvalue weighted by atomic mass is 9.95. The molecular formula is C20H25NO4. The minimum atomic E-state index is -0.174. The molecule has 0 aliphatic rings. The molecule has 0 fully saturated rings. The third-order valence-corrected chi connectivity index (χ3v) is 4.04. The molecule has 0 heterocycles. The van der Waals surface area contributed by atoms with Crippen LogP contribution in [-0.2, 0) is 0 Å². The molecule has 0 aliphatic carbocycles. The third kappa shape index (κ3) is 4.66. The van der Waals surface area contributed by atoms with Gasteiger partial charge >= 0.3 is 0 Å². The van der Waals surface area contributed by atoms with Crippen LogP contribution in [0.25, 0.3) is 0 Å². The minimum absolute atomic E-state index is 0.115. The van der Waals surface area contributed by atoms with Crippen molar-refractivity contribution in [3.05, 3.63) is 53.6 Å². The van der Waals surface area contributed by atoms with Crippen molar-refractivity contribution in [2.24, 2.45) is 5.92 Å². The van der Waals surface area contributed by atoms with Crippen LogP contribution < -0.4 is 19.5 Å². The highest BCUT2D eigenvalue weighted by molar-refractivity contribution is 5.95. The van der Waals surface area contributed by atoms with Gasteiger partial charge in [0, 0.05) is 11.6 Å². The lowest BCUT2D eigenvalue weighted by Crippen LogP contribution is -2.31. The maximum Gasteiger partial charge on any atom is 0.252 e. The van der Waals surface area contributed by atoms with E-state index in [9.17, 15) is 4.79 Å². The summed E-state index contributed by atoms with van der Waals surface area (Å²) in [5, 5.41) is 3.10. The number of nitrogens with one attached hydrogen (secondary N) is 1. The van der Waals surface area contributed by atoms with Gasteiger partial charge in [-0.1, -0.05) is 26.0 Å². The van der Waals surface area contributed by atoms with Crippen LogP contribution in [0.2, 0.25) is 0 Å². The molecule has 1 atom stereocenters. The Morgan fingerprint density at radius 3 is 1.80 bits per heavy atom. The molecule has 1 N–H and O–H groups in total. The van der Waals surface area contributed by atoms with E-state index >= 15 is 0 Å². The molecule has 0 spiro atoms. The van der Waals surface area contributed by atoms with Crippen LogP contribution in [0.5, 0.6) is 17.2 Å².